The summed E-state index contributed by atoms with van der Waals surface area (Å²) in [5, 5.41) is 24.4. The number of aromatic nitrogens is 3. The zero-order valence-corrected chi connectivity index (χ0v) is 42.1. The molecular formula is C54H67FN8O7S. The Morgan fingerprint density at radius 3 is 2.14 bits per heavy atom. The zero-order valence-electron chi connectivity index (χ0n) is 41.3. The Labute approximate surface area is 418 Å². The van der Waals surface area contributed by atoms with Gasteiger partial charge in [-0.1, -0.05) is 108 Å². The molecule has 4 N–H and O–H groups in total. The number of likely N-dealkylation sites (tertiary alicyclic amines) is 1. The van der Waals surface area contributed by atoms with E-state index in [-0.39, 0.29) is 60.7 Å². The number of H-pyrrole nitrogens is 1. The van der Waals surface area contributed by atoms with E-state index in [9.17, 15) is 38.3 Å². The number of nitrogens with zero attached hydrogens (tertiary/aromatic N) is 5. The number of hydrogen-bond donors (Lipinski definition) is 4. The topological polar surface area (TPSA) is 198 Å². The average Bonchev–Trinajstić information content (AvgIpc) is 3.98. The number of nitrogens with one attached hydrogen (secondary N) is 3. The van der Waals surface area contributed by atoms with Crippen LogP contribution in [0.2, 0.25) is 0 Å². The summed E-state index contributed by atoms with van der Waals surface area (Å²) in [4.78, 5) is 89.6. The SMILES string of the molecule is Cc1ncsc1-c1ccc(CNC(=O)[C@@H]2C[C@@H](O)CN2C(=O)[C@@H](NC(=O)CCCCCCCCCCC(=O)N2CCN(C(=O)c3cc(Cc4n[nH]c(=O)c5ccccc45)ccc3F)CC2)C(C)(C)C)cc1. The van der Waals surface area contributed by atoms with E-state index in [0.717, 1.165) is 66.6 Å². The summed E-state index contributed by atoms with van der Waals surface area (Å²) in [7, 11) is 0. The average molecular weight is 991 g/mol. The fourth-order valence-electron chi connectivity index (χ4n) is 9.47. The quantitative estimate of drug-likeness (QED) is 0.0589. The summed E-state index contributed by atoms with van der Waals surface area (Å²) >= 11 is 1.57. The fraction of sp³-hybridized carbons (Fsp3) is 0.481. The van der Waals surface area contributed by atoms with Crippen LogP contribution in [0, 0.1) is 18.2 Å². The summed E-state index contributed by atoms with van der Waals surface area (Å²) in [6.45, 7) is 9.29. The molecule has 2 fully saturated rings. The molecule has 0 bridgehead atoms. The molecule has 15 nitrogen and oxygen atoms in total. The van der Waals surface area contributed by atoms with Gasteiger partial charge in [0.15, 0.2) is 0 Å². The van der Waals surface area contributed by atoms with Gasteiger partial charge in [-0.25, -0.2) is 14.5 Å². The van der Waals surface area contributed by atoms with E-state index in [1.807, 2.05) is 69.6 Å². The maximum absolute atomic E-state index is 15.0. The minimum atomic E-state index is -0.874. The number of rotatable bonds is 20. The van der Waals surface area contributed by atoms with Crippen molar-refractivity contribution in [1.29, 1.82) is 0 Å². The lowest BCUT2D eigenvalue weighted by Crippen LogP contribution is -2.57. The number of halogens is 1. The third kappa shape index (κ3) is 13.8. The highest BCUT2D eigenvalue weighted by Gasteiger charge is 2.44. The van der Waals surface area contributed by atoms with E-state index < -0.39 is 35.3 Å². The van der Waals surface area contributed by atoms with Crippen LogP contribution >= 0.6 is 11.3 Å². The van der Waals surface area contributed by atoms with Gasteiger partial charge >= 0.3 is 0 Å². The zero-order chi connectivity index (χ0) is 50.7. The number of carbonyl (C=O) groups excluding carboxylic acids is 5. The lowest BCUT2D eigenvalue weighted by Gasteiger charge is -2.35. The maximum Gasteiger partial charge on any atom is 0.272 e. The van der Waals surface area contributed by atoms with Crippen molar-refractivity contribution in [2.24, 2.45) is 5.41 Å². The molecule has 17 heteroatoms. The Hall–Kier alpha value is -6.33. The molecule has 5 amide bonds. The number of thiazole rings is 1. The van der Waals surface area contributed by atoms with Crippen molar-refractivity contribution in [3.05, 3.63) is 116 Å². The van der Waals surface area contributed by atoms with Crippen LogP contribution in [0.25, 0.3) is 21.2 Å². The van der Waals surface area contributed by atoms with Gasteiger partial charge in [0.2, 0.25) is 23.6 Å². The summed E-state index contributed by atoms with van der Waals surface area (Å²) < 4.78 is 15.0. The Bertz CT molecular complexity index is 2730. The number of aryl methyl sites for hydroxylation is 1. The molecule has 4 heterocycles. The van der Waals surface area contributed by atoms with Crippen LogP contribution in [0.4, 0.5) is 4.39 Å². The molecule has 3 atom stereocenters. The molecule has 2 aromatic heterocycles. The van der Waals surface area contributed by atoms with Gasteiger partial charge in [-0.3, -0.25) is 28.8 Å². The van der Waals surface area contributed by atoms with Crippen LogP contribution in [0.3, 0.4) is 0 Å². The van der Waals surface area contributed by atoms with Crippen LogP contribution in [-0.2, 0) is 32.1 Å². The predicted molar refractivity (Wildman–Crippen MR) is 272 cm³/mol. The number of hydrogen-bond acceptors (Lipinski definition) is 10. The molecule has 0 spiro atoms. The van der Waals surface area contributed by atoms with E-state index in [0.29, 0.717) is 67.5 Å². The third-order valence-electron chi connectivity index (χ3n) is 13.6. The molecule has 3 aromatic carbocycles. The van der Waals surface area contributed by atoms with E-state index in [1.165, 1.54) is 11.0 Å². The number of aromatic amines is 1. The molecule has 7 rings (SSSR count). The van der Waals surface area contributed by atoms with Gasteiger partial charge in [-0.2, -0.15) is 5.10 Å². The molecule has 71 heavy (non-hydrogen) atoms. The molecule has 0 saturated carbocycles. The second kappa shape index (κ2) is 24.2. The first-order chi connectivity index (χ1) is 34.1. The molecule has 5 aromatic rings. The molecule has 2 aliphatic heterocycles. The second-order valence-electron chi connectivity index (χ2n) is 20.0. The van der Waals surface area contributed by atoms with E-state index in [4.69, 9.17) is 0 Å². The van der Waals surface area contributed by atoms with Crippen molar-refractivity contribution in [1.82, 2.24) is 40.5 Å². The number of amides is 5. The maximum atomic E-state index is 15.0. The van der Waals surface area contributed by atoms with Crippen LogP contribution in [0.15, 0.2) is 77.0 Å². The van der Waals surface area contributed by atoms with Gasteiger partial charge in [-0.05, 0) is 60.1 Å². The number of carbonyl (C=O) groups is 5. The minimum Gasteiger partial charge on any atom is -0.391 e. The Kier molecular flexibility index (Phi) is 17.9. The first-order valence-corrected chi connectivity index (χ1v) is 25.8. The number of benzene rings is 3. The standard InChI is InChI=1S/C54H67FN8O7S/c1-35-48(71-34-57-35)38-22-19-36(20-23-38)32-56-51(68)45-31-39(64)33-63(45)53(70)49(54(2,3)4)58-46(65)17-11-9-7-5-6-8-10-12-18-47(66)61-25-27-62(28-26-61)52(69)42-29-37(21-24-43(42)55)30-44-40-15-13-14-16-41(40)50(67)60-59-44/h13-16,19-24,29,34,39,45,49,64H,5-12,17-18,25-28,30-33H2,1-4H3,(H,56,68)(H,58,65)(H,60,67)/t39-,45+,49-/m1/s1. The highest BCUT2D eigenvalue weighted by atomic mass is 32.1. The fourth-order valence-corrected chi connectivity index (χ4v) is 10.3. The Morgan fingerprint density at radius 2 is 1.48 bits per heavy atom. The first-order valence-electron chi connectivity index (χ1n) is 24.9. The number of piperazine rings is 1. The van der Waals surface area contributed by atoms with Crippen LogP contribution in [0.5, 0.6) is 0 Å². The Morgan fingerprint density at radius 1 is 0.845 bits per heavy atom. The first kappa shape index (κ1) is 52.5. The molecule has 0 aliphatic carbocycles. The number of fused-ring (bicyclic) bond motifs is 1. The van der Waals surface area contributed by atoms with Crippen molar-refractivity contribution < 1.29 is 33.5 Å². The normalized spacial score (nSPS) is 16.6. The van der Waals surface area contributed by atoms with Crippen LogP contribution in [0.1, 0.15) is 124 Å². The van der Waals surface area contributed by atoms with Gasteiger partial charge in [0.05, 0.1) is 38.8 Å². The summed E-state index contributed by atoms with van der Waals surface area (Å²) in [6.07, 6.45) is 7.52. The number of β-amino-alcohol motifs (C(OH)–C–C–N with tert-alkyl or cyclic N) is 1. The largest absolute Gasteiger partial charge is 0.391 e. The lowest BCUT2D eigenvalue weighted by molar-refractivity contribution is -0.144. The molecule has 2 aliphatic rings. The van der Waals surface area contributed by atoms with Gasteiger partial charge in [-0.15, -0.1) is 11.3 Å². The van der Waals surface area contributed by atoms with E-state index in [2.05, 4.69) is 25.8 Å². The van der Waals surface area contributed by atoms with Gasteiger partial charge in [0.25, 0.3) is 11.5 Å². The van der Waals surface area contributed by atoms with Crippen LogP contribution < -0.4 is 16.2 Å². The number of aliphatic hydroxyl groups is 1. The predicted octanol–water partition coefficient (Wildman–Crippen LogP) is 7.08. The third-order valence-corrected chi connectivity index (χ3v) is 14.6. The highest BCUT2D eigenvalue weighted by Crippen LogP contribution is 2.29. The molecule has 378 valence electrons. The summed E-state index contributed by atoms with van der Waals surface area (Å²) in [6, 6.07) is 17.7. The molecule has 2 saturated heterocycles. The molecular weight excluding hydrogens is 924 g/mol. The summed E-state index contributed by atoms with van der Waals surface area (Å²) in [5.74, 6) is -1.93. The van der Waals surface area contributed by atoms with Crippen molar-refractivity contribution in [3.8, 4) is 10.4 Å². The highest BCUT2D eigenvalue weighted by molar-refractivity contribution is 7.13. The monoisotopic (exact) mass is 990 g/mol. The molecule has 0 radical (unpaired) electrons. The smallest absolute Gasteiger partial charge is 0.272 e. The van der Waals surface area contributed by atoms with E-state index in [1.54, 1.807) is 45.4 Å². The van der Waals surface area contributed by atoms with E-state index >= 15 is 0 Å². The van der Waals surface area contributed by atoms with Gasteiger partial charge < -0.3 is 30.4 Å². The van der Waals surface area contributed by atoms with Gasteiger partial charge in [0, 0.05) is 70.3 Å². The van der Waals surface area contributed by atoms with Crippen molar-refractivity contribution >= 4 is 51.6 Å². The number of unbranched alkanes of at least 4 members (excludes halogenated alkanes) is 7. The number of aliphatic hydroxyl groups excluding tert-OH is 1. The molecule has 0 unspecified atom stereocenters. The Balaban J connectivity index is 0.754. The van der Waals surface area contributed by atoms with Crippen molar-refractivity contribution in [2.45, 2.75) is 129 Å². The summed E-state index contributed by atoms with van der Waals surface area (Å²) in [5.41, 5.74) is 5.08. The van der Waals surface area contributed by atoms with Crippen molar-refractivity contribution in [3.63, 3.8) is 0 Å². The van der Waals surface area contributed by atoms with Crippen molar-refractivity contribution in [2.75, 3.05) is 32.7 Å². The lowest BCUT2D eigenvalue weighted by atomic mass is 9.85. The minimum absolute atomic E-state index is 0.0152. The van der Waals surface area contributed by atoms with Gasteiger partial charge in [0.1, 0.15) is 17.9 Å². The second-order valence-corrected chi connectivity index (χ2v) is 20.8. The van der Waals surface area contributed by atoms with Crippen LogP contribution in [-0.4, -0.2) is 115 Å².